The van der Waals surface area contributed by atoms with Gasteiger partial charge in [0.1, 0.15) is 6.07 Å². The van der Waals surface area contributed by atoms with Gasteiger partial charge in [0.05, 0.1) is 12.7 Å². The lowest BCUT2D eigenvalue weighted by molar-refractivity contribution is -0.677. The fraction of sp³-hybridized carbons (Fsp3) is 0.200. The molecule has 0 aliphatic heterocycles. The van der Waals surface area contributed by atoms with Crippen LogP contribution >= 0.6 is 0 Å². The van der Waals surface area contributed by atoms with Crippen molar-refractivity contribution in [1.82, 2.24) is 4.40 Å². The average Bonchev–Trinajstić information content (AvgIpc) is 2.18. The van der Waals surface area contributed by atoms with E-state index >= 15 is 0 Å². The molecule has 72 valence electrons. The second-order valence-corrected chi connectivity index (χ2v) is 3.01. The Bertz CT molecular complexity index is 531. The van der Waals surface area contributed by atoms with Crippen molar-refractivity contribution in [3.8, 4) is 5.88 Å². The Kier molecular flexibility index (Phi) is 1.96. The number of pyridine rings is 1. The number of rotatable bonds is 1. The first kappa shape index (κ1) is 8.74. The van der Waals surface area contributed by atoms with Gasteiger partial charge in [-0.3, -0.25) is 0 Å². The molecule has 0 saturated carbocycles. The predicted octanol–water partition coefficient (Wildman–Crippen LogP) is 0.312. The van der Waals surface area contributed by atoms with E-state index in [0.717, 1.165) is 0 Å². The molecular formula is C10H11N2O2+. The van der Waals surface area contributed by atoms with Crippen LogP contribution in [0, 0.1) is 0 Å². The van der Waals surface area contributed by atoms with Crippen LogP contribution in [0.25, 0.3) is 5.65 Å². The minimum absolute atomic E-state index is 0.00343. The van der Waals surface area contributed by atoms with Crippen molar-refractivity contribution in [3.05, 3.63) is 40.8 Å². The first-order chi connectivity index (χ1) is 6.74. The summed E-state index contributed by atoms with van der Waals surface area (Å²) in [5, 5.41) is 9.54. The topological polar surface area (TPSA) is 45.6 Å². The molecule has 0 fully saturated rings. The maximum atomic E-state index is 11.5. The highest BCUT2D eigenvalue weighted by molar-refractivity contribution is 5.32. The van der Waals surface area contributed by atoms with Crippen molar-refractivity contribution in [1.29, 1.82) is 0 Å². The third-order valence-corrected chi connectivity index (χ3v) is 2.20. The molecule has 1 N–H and O–H groups in total. The van der Waals surface area contributed by atoms with Crippen LogP contribution in [0.4, 0.5) is 0 Å². The molecular weight excluding hydrogens is 180 g/mol. The Morgan fingerprint density at radius 3 is 3.00 bits per heavy atom. The number of hydrogen-bond acceptors (Lipinski definition) is 2. The molecule has 4 heteroatoms. The minimum atomic E-state index is -0.220. The summed E-state index contributed by atoms with van der Waals surface area (Å²) < 4.78 is 3.17. The van der Waals surface area contributed by atoms with Gasteiger partial charge in [0, 0.05) is 6.07 Å². The lowest BCUT2D eigenvalue weighted by Gasteiger charge is -2.01. The fourth-order valence-corrected chi connectivity index (χ4v) is 1.54. The van der Waals surface area contributed by atoms with Crippen LogP contribution in [-0.2, 0) is 6.54 Å². The summed E-state index contributed by atoms with van der Waals surface area (Å²) in [6, 6.07) is 6.63. The largest absolute Gasteiger partial charge is 0.478 e. The second kappa shape index (κ2) is 3.14. The van der Waals surface area contributed by atoms with Gasteiger partial charge in [-0.2, -0.15) is 8.97 Å². The smallest absolute Gasteiger partial charge is 0.346 e. The number of fused-ring (bicyclic) bond motifs is 1. The van der Waals surface area contributed by atoms with E-state index in [1.165, 1.54) is 10.5 Å². The average molecular weight is 191 g/mol. The van der Waals surface area contributed by atoms with Crippen molar-refractivity contribution in [2.75, 3.05) is 0 Å². The molecule has 0 aliphatic carbocycles. The molecule has 2 heterocycles. The summed E-state index contributed by atoms with van der Waals surface area (Å²) in [6.07, 6.45) is 1.68. The van der Waals surface area contributed by atoms with Gasteiger partial charge in [-0.15, -0.1) is 0 Å². The standard InChI is InChI=1S/C10H10N2O2/c1-2-11-8-5-3-4-6-12(8)10(14)7-9(11)13/h3-7H,2H2,1H3/p+1. The number of aryl methyl sites for hydroxylation is 1. The highest BCUT2D eigenvalue weighted by Gasteiger charge is 2.13. The number of nitrogens with zero attached hydrogens (tertiary/aromatic N) is 2. The number of aromatic hydroxyl groups is 1. The van der Waals surface area contributed by atoms with Crippen LogP contribution in [-0.4, -0.2) is 9.51 Å². The van der Waals surface area contributed by atoms with E-state index < -0.39 is 0 Å². The van der Waals surface area contributed by atoms with E-state index in [0.29, 0.717) is 12.2 Å². The van der Waals surface area contributed by atoms with Gasteiger partial charge in [-0.1, -0.05) is 6.07 Å². The van der Waals surface area contributed by atoms with E-state index in [1.807, 2.05) is 13.0 Å². The first-order valence-corrected chi connectivity index (χ1v) is 4.47. The number of hydrogen-bond donors (Lipinski definition) is 1. The van der Waals surface area contributed by atoms with Gasteiger partial charge >= 0.3 is 5.56 Å². The van der Waals surface area contributed by atoms with Gasteiger partial charge in [0.25, 0.3) is 11.5 Å². The van der Waals surface area contributed by atoms with Gasteiger partial charge < -0.3 is 5.11 Å². The molecule has 2 rings (SSSR count). The van der Waals surface area contributed by atoms with Crippen LogP contribution in [0.1, 0.15) is 6.92 Å². The third-order valence-electron chi connectivity index (χ3n) is 2.20. The van der Waals surface area contributed by atoms with Crippen LogP contribution in [0.2, 0.25) is 0 Å². The normalized spacial score (nSPS) is 10.6. The summed E-state index contributed by atoms with van der Waals surface area (Å²) >= 11 is 0. The van der Waals surface area contributed by atoms with Gasteiger partial charge in [-0.25, -0.2) is 4.79 Å². The minimum Gasteiger partial charge on any atom is -0.478 e. The lowest BCUT2D eigenvalue weighted by Crippen LogP contribution is -2.38. The van der Waals surface area contributed by atoms with Crippen molar-refractivity contribution in [3.63, 3.8) is 0 Å². The van der Waals surface area contributed by atoms with Crippen LogP contribution < -0.4 is 10.1 Å². The van der Waals surface area contributed by atoms with E-state index in [2.05, 4.69) is 0 Å². The molecule has 0 saturated heterocycles. The monoisotopic (exact) mass is 191 g/mol. The highest BCUT2D eigenvalue weighted by atomic mass is 16.3. The zero-order chi connectivity index (χ0) is 10.1. The molecule has 0 bridgehead atoms. The van der Waals surface area contributed by atoms with Crippen molar-refractivity contribution < 1.29 is 9.67 Å². The fourth-order valence-electron chi connectivity index (χ4n) is 1.54. The van der Waals surface area contributed by atoms with Gasteiger partial charge in [0.2, 0.25) is 0 Å². The van der Waals surface area contributed by atoms with Crippen LogP contribution in [0.5, 0.6) is 5.88 Å². The molecule has 4 nitrogen and oxygen atoms in total. The third kappa shape index (κ3) is 1.16. The lowest BCUT2D eigenvalue weighted by atomic mass is 10.4. The molecule has 0 atom stereocenters. The molecule has 2 aromatic rings. The zero-order valence-electron chi connectivity index (χ0n) is 7.84. The molecule has 0 aromatic carbocycles. The molecule has 2 aromatic heterocycles. The first-order valence-electron chi connectivity index (χ1n) is 4.47. The second-order valence-electron chi connectivity index (χ2n) is 3.01. The summed E-state index contributed by atoms with van der Waals surface area (Å²) in [7, 11) is 0. The maximum absolute atomic E-state index is 11.5. The Morgan fingerprint density at radius 1 is 1.50 bits per heavy atom. The molecule has 0 spiro atoms. The zero-order valence-corrected chi connectivity index (χ0v) is 7.84. The Balaban J connectivity index is 2.98. The quantitative estimate of drug-likeness (QED) is 0.659. The van der Waals surface area contributed by atoms with Gasteiger partial charge in [-0.05, 0) is 13.0 Å². The Morgan fingerprint density at radius 2 is 2.29 bits per heavy atom. The van der Waals surface area contributed by atoms with E-state index in [9.17, 15) is 9.90 Å². The summed E-state index contributed by atoms with van der Waals surface area (Å²) in [4.78, 5) is 11.5. The summed E-state index contributed by atoms with van der Waals surface area (Å²) in [5.41, 5.74) is 0.475. The molecule has 0 radical (unpaired) electrons. The predicted molar refractivity (Wildman–Crippen MR) is 51.2 cm³/mol. The highest BCUT2D eigenvalue weighted by Crippen LogP contribution is 2.00. The maximum Gasteiger partial charge on any atom is 0.346 e. The molecule has 14 heavy (non-hydrogen) atoms. The molecule has 0 amide bonds. The van der Waals surface area contributed by atoms with Crippen molar-refractivity contribution in [2.24, 2.45) is 0 Å². The van der Waals surface area contributed by atoms with Crippen molar-refractivity contribution >= 4 is 5.65 Å². The van der Waals surface area contributed by atoms with E-state index in [-0.39, 0.29) is 11.4 Å². The molecule has 0 aliphatic rings. The van der Waals surface area contributed by atoms with E-state index in [4.69, 9.17) is 0 Å². The van der Waals surface area contributed by atoms with Crippen molar-refractivity contribution in [2.45, 2.75) is 13.5 Å². The van der Waals surface area contributed by atoms with E-state index in [1.54, 1.807) is 22.9 Å². The Hall–Kier alpha value is -1.84. The SMILES string of the molecule is CC[n+]1c(O)cc(=O)n2ccccc21. The van der Waals surface area contributed by atoms with Crippen LogP contribution in [0.3, 0.4) is 0 Å². The summed E-state index contributed by atoms with van der Waals surface area (Å²) in [5.74, 6) is 0.00343. The van der Waals surface area contributed by atoms with Gasteiger partial charge in [0.15, 0.2) is 0 Å². The molecule has 0 unspecified atom stereocenters. The number of aromatic nitrogens is 2. The Labute approximate surface area is 80.7 Å². The van der Waals surface area contributed by atoms with Crippen LogP contribution in [0.15, 0.2) is 35.3 Å². The summed E-state index contributed by atoms with van der Waals surface area (Å²) in [6.45, 7) is 2.54.